The van der Waals surface area contributed by atoms with Crippen LogP contribution in [0.3, 0.4) is 0 Å². The van der Waals surface area contributed by atoms with Crippen LogP contribution >= 0.6 is 11.8 Å². The molecule has 0 saturated carbocycles. The molecule has 2 rings (SSSR count). The fourth-order valence-corrected chi connectivity index (χ4v) is 2.35. The SMILES string of the molecule is Cc1cc(=O)[nH]c(SCC(=O)c2cc(F)ccc2F)n1. The summed E-state index contributed by atoms with van der Waals surface area (Å²) in [5.41, 5.74) is -0.127. The van der Waals surface area contributed by atoms with Crippen LogP contribution in [0.15, 0.2) is 34.2 Å². The Morgan fingerprint density at radius 3 is 2.80 bits per heavy atom. The van der Waals surface area contributed by atoms with Crippen LogP contribution in [-0.4, -0.2) is 21.5 Å². The molecule has 1 aromatic heterocycles. The minimum Gasteiger partial charge on any atom is -0.301 e. The van der Waals surface area contributed by atoms with E-state index in [2.05, 4.69) is 9.97 Å². The average molecular weight is 296 g/mol. The highest BCUT2D eigenvalue weighted by molar-refractivity contribution is 7.99. The van der Waals surface area contributed by atoms with E-state index in [1.54, 1.807) is 6.92 Å². The molecule has 1 N–H and O–H groups in total. The molecule has 2 aromatic rings. The number of aromatic nitrogens is 2. The monoisotopic (exact) mass is 296 g/mol. The number of aryl methyl sites for hydroxylation is 1. The molecule has 0 aliphatic heterocycles. The normalized spacial score (nSPS) is 10.6. The second-order valence-corrected chi connectivity index (χ2v) is 4.99. The molecule has 1 aromatic carbocycles. The van der Waals surface area contributed by atoms with Gasteiger partial charge in [0.2, 0.25) is 0 Å². The van der Waals surface area contributed by atoms with E-state index < -0.39 is 17.4 Å². The zero-order valence-electron chi connectivity index (χ0n) is 10.4. The number of ketones is 1. The molecule has 0 amide bonds. The van der Waals surface area contributed by atoms with Gasteiger partial charge in [0, 0.05) is 11.8 Å². The fraction of sp³-hybridized carbons (Fsp3) is 0.154. The van der Waals surface area contributed by atoms with E-state index in [0.717, 1.165) is 30.0 Å². The Labute approximate surface area is 117 Å². The molecule has 0 bridgehead atoms. The third-order valence-electron chi connectivity index (χ3n) is 2.42. The number of hydrogen-bond acceptors (Lipinski definition) is 4. The number of nitrogens with one attached hydrogen (secondary N) is 1. The molecule has 0 aliphatic rings. The third-order valence-corrected chi connectivity index (χ3v) is 3.29. The average Bonchev–Trinajstić information content (AvgIpc) is 2.38. The van der Waals surface area contributed by atoms with E-state index in [9.17, 15) is 18.4 Å². The van der Waals surface area contributed by atoms with E-state index in [-0.39, 0.29) is 22.0 Å². The molecule has 104 valence electrons. The lowest BCUT2D eigenvalue weighted by Gasteiger charge is -2.03. The van der Waals surface area contributed by atoms with Gasteiger partial charge in [0.1, 0.15) is 11.6 Å². The van der Waals surface area contributed by atoms with Gasteiger partial charge in [0.05, 0.1) is 11.3 Å². The van der Waals surface area contributed by atoms with Crippen molar-refractivity contribution >= 4 is 17.5 Å². The van der Waals surface area contributed by atoms with Crippen molar-refractivity contribution in [2.24, 2.45) is 0 Å². The predicted octanol–water partition coefficient (Wildman–Crippen LogP) is 2.33. The van der Waals surface area contributed by atoms with Crippen LogP contribution < -0.4 is 5.56 Å². The quantitative estimate of drug-likeness (QED) is 0.534. The molecule has 0 atom stereocenters. The number of rotatable bonds is 4. The second-order valence-electron chi connectivity index (χ2n) is 4.03. The number of carbonyl (C=O) groups excluding carboxylic acids is 1. The molecule has 0 aliphatic carbocycles. The first-order valence-electron chi connectivity index (χ1n) is 5.65. The minimum absolute atomic E-state index is 0.146. The van der Waals surface area contributed by atoms with Crippen LogP contribution in [0.1, 0.15) is 16.1 Å². The fourth-order valence-electron chi connectivity index (χ4n) is 1.54. The van der Waals surface area contributed by atoms with Gasteiger partial charge in [-0.15, -0.1) is 0 Å². The Kier molecular flexibility index (Phi) is 4.29. The Bertz CT molecular complexity index is 716. The lowest BCUT2D eigenvalue weighted by molar-refractivity contribution is 0.101. The van der Waals surface area contributed by atoms with Crippen molar-refractivity contribution in [3.05, 3.63) is 57.5 Å². The summed E-state index contributed by atoms with van der Waals surface area (Å²) in [7, 11) is 0. The summed E-state index contributed by atoms with van der Waals surface area (Å²) < 4.78 is 26.4. The zero-order chi connectivity index (χ0) is 14.7. The van der Waals surface area contributed by atoms with E-state index in [1.165, 1.54) is 6.07 Å². The first-order valence-corrected chi connectivity index (χ1v) is 6.63. The van der Waals surface area contributed by atoms with Crippen LogP contribution in [0.2, 0.25) is 0 Å². The Hall–Kier alpha value is -2.02. The van der Waals surface area contributed by atoms with Crippen LogP contribution in [0.4, 0.5) is 8.78 Å². The first kappa shape index (κ1) is 14.4. The van der Waals surface area contributed by atoms with Gasteiger partial charge in [0.15, 0.2) is 10.9 Å². The third kappa shape index (κ3) is 3.51. The molecule has 0 saturated heterocycles. The lowest BCUT2D eigenvalue weighted by atomic mass is 10.1. The molecule has 4 nitrogen and oxygen atoms in total. The van der Waals surface area contributed by atoms with Crippen molar-refractivity contribution in [3.63, 3.8) is 0 Å². The number of thioether (sulfide) groups is 1. The van der Waals surface area contributed by atoms with Crippen molar-refractivity contribution in [1.29, 1.82) is 0 Å². The van der Waals surface area contributed by atoms with Crippen LogP contribution in [0.5, 0.6) is 0 Å². The van der Waals surface area contributed by atoms with Crippen LogP contribution in [-0.2, 0) is 0 Å². The smallest absolute Gasteiger partial charge is 0.251 e. The maximum Gasteiger partial charge on any atom is 0.251 e. The summed E-state index contributed by atoms with van der Waals surface area (Å²) in [6.45, 7) is 1.65. The van der Waals surface area contributed by atoms with Gasteiger partial charge in [-0.2, -0.15) is 0 Å². The van der Waals surface area contributed by atoms with E-state index in [4.69, 9.17) is 0 Å². The Morgan fingerprint density at radius 1 is 1.35 bits per heavy atom. The number of H-pyrrole nitrogens is 1. The van der Waals surface area contributed by atoms with Crippen molar-refractivity contribution in [3.8, 4) is 0 Å². The minimum atomic E-state index is -0.775. The van der Waals surface area contributed by atoms with Crippen LogP contribution in [0.25, 0.3) is 0 Å². The number of nitrogens with zero attached hydrogens (tertiary/aromatic N) is 1. The number of halogens is 2. The first-order chi connectivity index (χ1) is 9.45. The lowest BCUT2D eigenvalue weighted by Crippen LogP contribution is -2.10. The molecule has 1 heterocycles. The van der Waals surface area contributed by atoms with Gasteiger partial charge in [-0.3, -0.25) is 9.59 Å². The van der Waals surface area contributed by atoms with Gasteiger partial charge in [-0.1, -0.05) is 11.8 Å². The molecule has 0 spiro atoms. The molecule has 0 unspecified atom stereocenters. The van der Waals surface area contributed by atoms with E-state index >= 15 is 0 Å². The maximum absolute atomic E-state index is 13.4. The number of carbonyl (C=O) groups is 1. The molecular formula is C13H10F2N2O2S. The summed E-state index contributed by atoms with van der Waals surface area (Å²) in [5, 5.41) is 0.264. The summed E-state index contributed by atoms with van der Waals surface area (Å²) >= 11 is 0.961. The highest BCUT2D eigenvalue weighted by atomic mass is 32.2. The van der Waals surface area contributed by atoms with Gasteiger partial charge < -0.3 is 4.98 Å². The van der Waals surface area contributed by atoms with Crippen LogP contribution in [0, 0.1) is 18.6 Å². The highest BCUT2D eigenvalue weighted by Crippen LogP contribution is 2.16. The van der Waals surface area contributed by atoms with Crippen molar-refractivity contribution in [2.75, 3.05) is 5.75 Å². The summed E-state index contributed by atoms with van der Waals surface area (Å²) in [6, 6.07) is 4.02. The maximum atomic E-state index is 13.4. The molecule has 20 heavy (non-hydrogen) atoms. The number of aromatic amines is 1. The van der Waals surface area contributed by atoms with Crippen molar-refractivity contribution in [1.82, 2.24) is 9.97 Å². The number of Topliss-reactive ketones (excluding diaryl/α,β-unsaturated/α-hetero) is 1. The van der Waals surface area contributed by atoms with Gasteiger partial charge >= 0.3 is 0 Å². The number of benzene rings is 1. The van der Waals surface area contributed by atoms with Crippen molar-refractivity contribution in [2.45, 2.75) is 12.1 Å². The van der Waals surface area contributed by atoms with Gasteiger partial charge in [-0.05, 0) is 25.1 Å². The Balaban J connectivity index is 2.12. The summed E-state index contributed by atoms with van der Waals surface area (Å²) in [5.74, 6) is -2.17. The number of hydrogen-bond donors (Lipinski definition) is 1. The standard InChI is InChI=1S/C13H10F2N2O2S/c1-7-4-12(19)17-13(16-7)20-6-11(18)9-5-8(14)2-3-10(9)15/h2-5H,6H2,1H3,(H,16,17,19). The summed E-state index contributed by atoms with van der Waals surface area (Å²) in [6.07, 6.45) is 0. The van der Waals surface area contributed by atoms with Crippen molar-refractivity contribution < 1.29 is 13.6 Å². The molecule has 0 radical (unpaired) electrons. The Morgan fingerprint density at radius 2 is 2.10 bits per heavy atom. The van der Waals surface area contributed by atoms with Gasteiger partial charge in [0.25, 0.3) is 5.56 Å². The predicted molar refractivity (Wildman–Crippen MR) is 71.0 cm³/mol. The topological polar surface area (TPSA) is 62.8 Å². The zero-order valence-corrected chi connectivity index (χ0v) is 11.3. The largest absolute Gasteiger partial charge is 0.301 e. The second kappa shape index (κ2) is 5.96. The summed E-state index contributed by atoms with van der Waals surface area (Å²) in [4.78, 5) is 29.5. The van der Waals surface area contributed by atoms with E-state index in [1.807, 2.05) is 0 Å². The molecule has 0 fully saturated rings. The van der Waals surface area contributed by atoms with E-state index in [0.29, 0.717) is 5.69 Å². The molecular weight excluding hydrogens is 286 g/mol. The molecule has 7 heteroatoms. The highest BCUT2D eigenvalue weighted by Gasteiger charge is 2.14. The van der Waals surface area contributed by atoms with Gasteiger partial charge in [-0.25, -0.2) is 13.8 Å².